The van der Waals surface area contributed by atoms with Gasteiger partial charge in [-0.05, 0) is 44.9 Å². The molecule has 0 saturated carbocycles. The Morgan fingerprint density at radius 2 is 1.96 bits per heavy atom. The number of hydrogen-bond donors (Lipinski definition) is 0. The number of aromatic nitrogens is 1. The Bertz CT molecular complexity index is 739. The third kappa shape index (κ3) is 4.03. The van der Waals surface area contributed by atoms with Crippen LogP contribution in [0.5, 0.6) is 5.75 Å². The Kier molecular flexibility index (Phi) is 5.11. The predicted molar refractivity (Wildman–Crippen MR) is 95.8 cm³/mol. The number of ether oxygens (including phenoxy) is 1. The second kappa shape index (κ2) is 7.30. The molecule has 5 heteroatoms. The average Bonchev–Trinajstić information content (AvgIpc) is 2.91. The lowest BCUT2D eigenvalue weighted by Gasteiger charge is -2.32. The minimum atomic E-state index is 0.139. The van der Waals surface area contributed by atoms with Crippen molar-refractivity contribution in [2.24, 2.45) is 0 Å². The summed E-state index contributed by atoms with van der Waals surface area (Å²) in [6, 6.07) is 6.27. The lowest BCUT2D eigenvalue weighted by molar-refractivity contribution is -0.132. The van der Waals surface area contributed by atoms with E-state index in [1.807, 2.05) is 18.7 Å². The highest BCUT2D eigenvalue weighted by Gasteiger charge is 2.25. The van der Waals surface area contributed by atoms with Gasteiger partial charge in [-0.2, -0.15) is 0 Å². The zero-order valence-electron chi connectivity index (χ0n) is 15.5. The molecule has 1 aliphatic heterocycles. The molecule has 0 unspecified atom stereocenters. The molecule has 1 aromatic heterocycles. The van der Waals surface area contributed by atoms with Crippen molar-refractivity contribution in [1.29, 1.82) is 0 Å². The molecule has 1 fully saturated rings. The maximum atomic E-state index is 12.5. The molecule has 0 spiro atoms. The van der Waals surface area contributed by atoms with Crippen LogP contribution in [0.1, 0.15) is 41.0 Å². The van der Waals surface area contributed by atoms with Crippen molar-refractivity contribution in [2.45, 2.75) is 53.1 Å². The fourth-order valence-corrected chi connectivity index (χ4v) is 3.25. The Labute approximate surface area is 148 Å². The van der Waals surface area contributed by atoms with Crippen LogP contribution in [0.4, 0.5) is 0 Å². The molecule has 1 amide bonds. The first-order chi connectivity index (χ1) is 11.9. The summed E-state index contributed by atoms with van der Waals surface area (Å²) in [6.45, 7) is 9.34. The molecule has 1 saturated heterocycles. The Balaban J connectivity index is 1.55. The maximum absolute atomic E-state index is 12.5. The second-order valence-corrected chi connectivity index (χ2v) is 6.95. The highest BCUT2D eigenvalue weighted by molar-refractivity contribution is 5.79. The van der Waals surface area contributed by atoms with Crippen LogP contribution < -0.4 is 4.74 Å². The number of nitrogens with zero attached hydrogens (tertiary/aromatic N) is 2. The number of piperidine rings is 1. The smallest absolute Gasteiger partial charge is 0.227 e. The summed E-state index contributed by atoms with van der Waals surface area (Å²) >= 11 is 0. The van der Waals surface area contributed by atoms with Crippen molar-refractivity contribution in [3.63, 3.8) is 0 Å². The van der Waals surface area contributed by atoms with Crippen molar-refractivity contribution in [3.8, 4) is 5.75 Å². The molecule has 1 aliphatic rings. The van der Waals surface area contributed by atoms with Crippen molar-refractivity contribution in [1.82, 2.24) is 10.1 Å². The number of carbonyl (C=O) groups is 1. The molecule has 134 valence electrons. The van der Waals surface area contributed by atoms with E-state index in [1.165, 1.54) is 5.56 Å². The van der Waals surface area contributed by atoms with E-state index in [-0.39, 0.29) is 12.0 Å². The van der Waals surface area contributed by atoms with Crippen LogP contribution in [0.3, 0.4) is 0 Å². The van der Waals surface area contributed by atoms with Gasteiger partial charge in [0.15, 0.2) is 0 Å². The number of rotatable bonds is 4. The molecular formula is C20H26N2O3. The molecule has 0 N–H and O–H groups in total. The minimum Gasteiger partial charge on any atom is -0.490 e. The molecule has 1 aromatic carbocycles. The zero-order chi connectivity index (χ0) is 18.0. The Morgan fingerprint density at radius 3 is 2.60 bits per heavy atom. The van der Waals surface area contributed by atoms with Crippen molar-refractivity contribution >= 4 is 5.91 Å². The molecule has 0 atom stereocenters. The molecule has 2 aromatic rings. The van der Waals surface area contributed by atoms with E-state index in [0.29, 0.717) is 6.42 Å². The summed E-state index contributed by atoms with van der Waals surface area (Å²) in [5, 5.41) is 3.92. The molecule has 5 nitrogen and oxygen atoms in total. The van der Waals surface area contributed by atoms with Crippen LogP contribution >= 0.6 is 0 Å². The first-order valence-electron chi connectivity index (χ1n) is 8.87. The molecular weight excluding hydrogens is 316 g/mol. The van der Waals surface area contributed by atoms with E-state index in [9.17, 15) is 4.79 Å². The van der Waals surface area contributed by atoms with Gasteiger partial charge < -0.3 is 14.2 Å². The minimum absolute atomic E-state index is 0.139. The number of aryl methyl sites for hydroxylation is 4. The standard InChI is InChI=1S/C20H26N2O3/c1-13-5-6-14(2)19(11-13)24-17-7-9-22(10-8-17)20(23)12-18-15(3)21-25-16(18)4/h5-6,11,17H,7-10,12H2,1-4H3. The zero-order valence-corrected chi connectivity index (χ0v) is 15.5. The topological polar surface area (TPSA) is 55.6 Å². The van der Waals surface area contributed by atoms with Gasteiger partial charge in [0.1, 0.15) is 17.6 Å². The van der Waals surface area contributed by atoms with E-state index >= 15 is 0 Å². The van der Waals surface area contributed by atoms with Crippen LogP contribution in [0.2, 0.25) is 0 Å². The van der Waals surface area contributed by atoms with Crippen LogP contribution in [-0.2, 0) is 11.2 Å². The van der Waals surface area contributed by atoms with Gasteiger partial charge in [-0.25, -0.2) is 0 Å². The summed E-state index contributed by atoms with van der Waals surface area (Å²) in [5.74, 6) is 1.83. The fourth-order valence-electron chi connectivity index (χ4n) is 3.25. The molecule has 2 heterocycles. The lowest BCUT2D eigenvalue weighted by Crippen LogP contribution is -2.42. The summed E-state index contributed by atoms with van der Waals surface area (Å²) in [5.41, 5.74) is 4.08. The van der Waals surface area contributed by atoms with E-state index in [2.05, 4.69) is 37.2 Å². The first-order valence-corrected chi connectivity index (χ1v) is 8.87. The van der Waals surface area contributed by atoms with E-state index in [4.69, 9.17) is 9.26 Å². The summed E-state index contributed by atoms with van der Waals surface area (Å²) in [7, 11) is 0. The van der Waals surface area contributed by atoms with Crippen LogP contribution in [0, 0.1) is 27.7 Å². The quantitative estimate of drug-likeness (QED) is 0.853. The van der Waals surface area contributed by atoms with Gasteiger partial charge in [0, 0.05) is 31.5 Å². The molecule has 3 rings (SSSR count). The van der Waals surface area contributed by atoms with E-state index < -0.39 is 0 Å². The molecule has 0 bridgehead atoms. The second-order valence-electron chi connectivity index (χ2n) is 6.95. The normalized spacial score (nSPS) is 15.4. The molecule has 0 aliphatic carbocycles. The van der Waals surface area contributed by atoms with Gasteiger partial charge in [-0.1, -0.05) is 17.3 Å². The fraction of sp³-hybridized carbons (Fsp3) is 0.500. The number of hydrogen-bond acceptors (Lipinski definition) is 4. The highest BCUT2D eigenvalue weighted by Crippen LogP contribution is 2.24. The van der Waals surface area contributed by atoms with Gasteiger partial charge >= 0.3 is 0 Å². The summed E-state index contributed by atoms with van der Waals surface area (Å²) in [4.78, 5) is 14.5. The largest absolute Gasteiger partial charge is 0.490 e. The van der Waals surface area contributed by atoms with Crippen LogP contribution in [-0.4, -0.2) is 35.2 Å². The van der Waals surface area contributed by atoms with Crippen molar-refractivity contribution in [3.05, 3.63) is 46.3 Å². The number of benzene rings is 1. The lowest BCUT2D eigenvalue weighted by atomic mass is 10.0. The summed E-state index contributed by atoms with van der Waals surface area (Å²) in [6.07, 6.45) is 2.26. The van der Waals surface area contributed by atoms with Gasteiger partial charge in [0.25, 0.3) is 0 Å². The highest BCUT2D eigenvalue weighted by atomic mass is 16.5. The third-order valence-electron chi connectivity index (χ3n) is 4.94. The number of amides is 1. The van der Waals surface area contributed by atoms with Gasteiger partial charge in [0.05, 0.1) is 12.1 Å². The van der Waals surface area contributed by atoms with Crippen molar-refractivity contribution < 1.29 is 14.1 Å². The maximum Gasteiger partial charge on any atom is 0.227 e. The Hall–Kier alpha value is -2.30. The summed E-state index contributed by atoms with van der Waals surface area (Å²) < 4.78 is 11.3. The van der Waals surface area contributed by atoms with E-state index in [0.717, 1.165) is 54.3 Å². The van der Waals surface area contributed by atoms with Gasteiger partial charge in [-0.15, -0.1) is 0 Å². The first kappa shape index (κ1) is 17.5. The molecule has 25 heavy (non-hydrogen) atoms. The van der Waals surface area contributed by atoms with E-state index in [1.54, 1.807) is 0 Å². The van der Waals surface area contributed by atoms with Crippen LogP contribution in [0.15, 0.2) is 22.7 Å². The number of likely N-dealkylation sites (tertiary alicyclic amines) is 1. The van der Waals surface area contributed by atoms with Gasteiger partial charge in [0.2, 0.25) is 5.91 Å². The SMILES string of the molecule is Cc1ccc(C)c(OC2CCN(C(=O)Cc3c(C)noc3C)CC2)c1. The Morgan fingerprint density at radius 1 is 1.24 bits per heavy atom. The predicted octanol–water partition coefficient (Wildman–Crippen LogP) is 3.52. The third-order valence-corrected chi connectivity index (χ3v) is 4.94. The average molecular weight is 342 g/mol. The molecule has 0 radical (unpaired) electrons. The van der Waals surface area contributed by atoms with Crippen LogP contribution in [0.25, 0.3) is 0 Å². The monoisotopic (exact) mass is 342 g/mol. The van der Waals surface area contributed by atoms with Gasteiger partial charge in [-0.3, -0.25) is 4.79 Å². The number of carbonyl (C=O) groups excluding carboxylic acids is 1. The van der Waals surface area contributed by atoms with Crippen molar-refractivity contribution in [2.75, 3.05) is 13.1 Å².